The summed E-state index contributed by atoms with van der Waals surface area (Å²) < 4.78 is 11.9. The molecule has 154 valence electrons. The summed E-state index contributed by atoms with van der Waals surface area (Å²) in [7, 11) is 0. The first-order valence-corrected chi connectivity index (χ1v) is 10.4. The van der Waals surface area contributed by atoms with Crippen LogP contribution in [0.1, 0.15) is 45.7 Å². The second-order valence-electron chi connectivity index (χ2n) is 7.47. The quantitative estimate of drug-likeness (QED) is 0.626. The average Bonchev–Trinajstić information content (AvgIpc) is 3.28. The van der Waals surface area contributed by atoms with Crippen molar-refractivity contribution >= 4 is 34.4 Å². The van der Waals surface area contributed by atoms with Crippen LogP contribution in [-0.4, -0.2) is 45.8 Å². The van der Waals surface area contributed by atoms with Crippen LogP contribution >= 0.6 is 11.6 Å². The Hall–Kier alpha value is -2.74. The first-order chi connectivity index (χ1) is 14.6. The Morgan fingerprint density at radius 3 is 2.63 bits per heavy atom. The van der Waals surface area contributed by atoms with Gasteiger partial charge in [0.05, 0.1) is 16.1 Å². The van der Waals surface area contributed by atoms with Crippen molar-refractivity contribution in [3.05, 3.63) is 64.4 Å². The molecule has 5 rings (SSSR count). The molecule has 0 saturated carbocycles. The summed E-state index contributed by atoms with van der Waals surface area (Å²) in [5.41, 5.74) is 2.19. The van der Waals surface area contributed by atoms with E-state index in [2.05, 4.69) is 9.97 Å². The van der Waals surface area contributed by atoms with E-state index in [1.54, 1.807) is 36.5 Å². The highest BCUT2D eigenvalue weighted by Gasteiger charge is 2.41. The van der Waals surface area contributed by atoms with Crippen molar-refractivity contribution in [1.82, 2.24) is 14.9 Å². The van der Waals surface area contributed by atoms with Gasteiger partial charge in [-0.2, -0.15) is 0 Å². The van der Waals surface area contributed by atoms with Crippen LogP contribution in [0.25, 0.3) is 11.0 Å². The second kappa shape index (κ2) is 7.83. The van der Waals surface area contributed by atoms with E-state index < -0.39 is 12.5 Å². The number of H-pyrrole nitrogens is 1. The standard InChI is InChI=1S/C22H20ClN3O4/c23-17-8-9-24-20-16(17)11-13(25-20)12-18(30-19-7-3-4-10-29-19)26-21(27)14-5-1-2-6-15(14)22(26)28/h1-2,5-6,8-9,11,18-19H,3-4,7,10,12H2,(H,24,25). The first kappa shape index (κ1) is 19.2. The van der Waals surface area contributed by atoms with Gasteiger partial charge in [0.1, 0.15) is 11.9 Å². The number of nitrogens with zero attached hydrogens (tertiary/aromatic N) is 2. The molecule has 2 aliphatic rings. The molecule has 0 spiro atoms. The predicted octanol–water partition coefficient (Wildman–Crippen LogP) is 3.92. The Bertz CT molecular complexity index is 1090. The predicted molar refractivity (Wildman–Crippen MR) is 110 cm³/mol. The molecule has 2 unspecified atom stereocenters. The van der Waals surface area contributed by atoms with Crippen LogP contribution in [0.5, 0.6) is 0 Å². The second-order valence-corrected chi connectivity index (χ2v) is 7.87. The first-order valence-electron chi connectivity index (χ1n) is 9.98. The molecule has 0 radical (unpaired) electrons. The zero-order chi connectivity index (χ0) is 20.7. The molecule has 30 heavy (non-hydrogen) atoms. The molecule has 2 atom stereocenters. The number of aromatic nitrogens is 2. The molecule has 0 bridgehead atoms. The highest BCUT2D eigenvalue weighted by Crippen LogP contribution is 2.29. The summed E-state index contributed by atoms with van der Waals surface area (Å²) in [5.74, 6) is -0.715. The van der Waals surface area contributed by atoms with Crippen LogP contribution in [0.2, 0.25) is 5.02 Å². The fraction of sp³-hybridized carbons (Fsp3) is 0.318. The fourth-order valence-corrected chi connectivity index (χ4v) is 4.21. The lowest BCUT2D eigenvalue weighted by molar-refractivity contribution is -0.206. The van der Waals surface area contributed by atoms with Gasteiger partial charge in [-0.25, -0.2) is 9.88 Å². The molecule has 2 aromatic heterocycles. The molecule has 0 aliphatic carbocycles. The third kappa shape index (κ3) is 3.39. The molecule has 1 N–H and O–H groups in total. The van der Waals surface area contributed by atoms with Crippen molar-refractivity contribution < 1.29 is 19.1 Å². The molecule has 2 amide bonds. The van der Waals surface area contributed by atoms with Gasteiger partial charge in [0.2, 0.25) is 0 Å². The smallest absolute Gasteiger partial charge is 0.263 e. The number of nitrogens with one attached hydrogen (secondary N) is 1. The maximum Gasteiger partial charge on any atom is 0.263 e. The van der Waals surface area contributed by atoms with Crippen LogP contribution in [0.15, 0.2) is 42.6 Å². The van der Waals surface area contributed by atoms with Crippen molar-refractivity contribution in [3.63, 3.8) is 0 Å². The van der Waals surface area contributed by atoms with E-state index in [1.807, 2.05) is 6.07 Å². The minimum atomic E-state index is -0.813. The number of fused-ring (bicyclic) bond motifs is 2. The number of hydrogen-bond acceptors (Lipinski definition) is 5. The van der Waals surface area contributed by atoms with E-state index in [4.69, 9.17) is 21.1 Å². The van der Waals surface area contributed by atoms with Gasteiger partial charge >= 0.3 is 0 Å². The lowest BCUT2D eigenvalue weighted by atomic mass is 10.1. The van der Waals surface area contributed by atoms with Crippen molar-refractivity contribution in [2.45, 2.75) is 38.2 Å². The summed E-state index contributed by atoms with van der Waals surface area (Å²) in [6.45, 7) is 0.603. The number of carbonyl (C=O) groups excluding carboxylic acids is 2. The van der Waals surface area contributed by atoms with Gasteiger partial charge in [-0.3, -0.25) is 9.59 Å². The van der Waals surface area contributed by atoms with Gasteiger partial charge in [-0.05, 0) is 43.5 Å². The fourth-order valence-electron chi connectivity index (χ4n) is 4.01. The number of aromatic amines is 1. The molecule has 1 aromatic carbocycles. The monoisotopic (exact) mass is 425 g/mol. The molecule has 1 saturated heterocycles. The van der Waals surface area contributed by atoms with Crippen LogP contribution in [0, 0.1) is 0 Å². The average molecular weight is 426 g/mol. The van der Waals surface area contributed by atoms with E-state index in [9.17, 15) is 9.59 Å². The topological polar surface area (TPSA) is 84.5 Å². The van der Waals surface area contributed by atoms with Gasteiger partial charge in [0, 0.05) is 30.3 Å². The molecule has 4 heterocycles. The van der Waals surface area contributed by atoms with Crippen LogP contribution in [0.4, 0.5) is 0 Å². The van der Waals surface area contributed by atoms with Gasteiger partial charge in [0.25, 0.3) is 11.8 Å². The number of carbonyl (C=O) groups is 2. The number of benzene rings is 1. The van der Waals surface area contributed by atoms with Crippen LogP contribution in [0.3, 0.4) is 0 Å². The Labute approximate surface area is 177 Å². The highest BCUT2D eigenvalue weighted by molar-refractivity contribution is 6.35. The third-order valence-corrected chi connectivity index (χ3v) is 5.82. The maximum atomic E-state index is 13.0. The number of hydrogen-bond donors (Lipinski definition) is 1. The number of imide groups is 1. The molecule has 1 fully saturated rings. The highest BCUT2D eigenvalue weighted by atomic mass is 35.5. The Kier molecular flexibility index (Phi) is 5.02. The number of ether oxygens (including phenoxy) is 2. The summed E-state index contributed by atoms with van der Waals surface area (Å²) in [6, 6.07) is 10.4. The Morgan fingerprint density at radius 2 is 1.97 bits per heavy atom. The van der Waals surface area contributed by atoms with Crippen molar-refractivity contribution in [1.29, 1.82) is 0 Å². The maximum absolute atomic E-state index is 13.0. The number of halogens is 1. The summed E-state index contributed by atoms with van der Waals surface area (Å²) in [6.07, 6.45) is 3.30. The van der Waals surface area contributed by atoms with E-state index in [-0.39, 0.29) is 18.2 Å². The van der Waals surface area contributed by atoms with Gasteiger partial charge < -0.3 is 14.5 Å². The summed E-state index contributed by atoms with van der Waals surface area (Å²) in [4.78, 5) is 34.8. The number of rotatable bonds is 5. The largest absolute Gasteiger partial charge is 0.353 e. The Morgan fingerprint density at radius 1 is 1.20 bits per heavy atom. The van der Waals surface area contributed by atoms with Crippen LogP contribution in [-0.2, 0) is 15.9 Å². The molecule has 2 aliphatic heterocycles. The minimum Gasteiger partial charge on any atom is -0.353 e. The molecule has 7 nitrogen and oxygen atoms in total. The van der Waals surface area contributed by atoms with Crippen LogP contribution < -0.4 is 0 Å². The summed E-state index contributed by atoms with van der Waals surface area (Å²) in [5, 5.41) is 1.36. The molecule has 3 aromatic rings. The van der Waals surface area contributed by atoms with Crippen molar-refractivity contribution in [2.24, 2.45) is 0 Å². The van der Waals surface area contributed by atoms with E-state index in [0.717, 1.165) is 30.3 Å². The van der Waals surface area contributed by atoms with Crippen molar-refractivity contribution in [2.75, 3.05) is 6.61 Å². The lowest BCUT2D eigenvalue weighted by Gasteiger charge is -2.31. The zero-order valence-electron chi connectivity index (χ0n) is 16.1. The molecular formula is C22H20ClN3O4. The molecular weight excluding hydrogens is 406 g/mol. The minimum absolute atomic E-state index is 0.276. The van der Waals surface area contributed by atoms with E-state index in [0.29, 0.717) is 28.4 Å². The normalized spacial score (nSPS) is 20.0. The van der Waals surface area contributed by atoms with E-state index >= 15 is 0 Å². The SMILES string of the molecule is O=C1c2ccccc2C(=O)N1C(Cc1cc2c(Cl)ccnc2[nH]1)OC1CCCCO1. The van der Waals surface area contributed by atoms with Crippen molar-refractivity contribution in [3.8, 4) is 0 Å². The lowest BCUT2D eigenvalue weighted by Crippen LogP contribution is -2.45. The van der Waals surface area contributed by atoms with Gasteiger partial charge in [-0.1, -0.05) is 23.7 Å². The van der Waals surface area contributed by atoms with E-state index in [1.165, 1.54) is 4.90 Å². The number of pyridine rings is 1. The van der Waals surface area contributed by atoms with Gasteiger partial charge in [-0.15, -0.1) is 0 Å². The Balaban J connectivity index is 1.48. The summed E-state index contributed by atoms with van der Waals surface area (Å²) >= 11 is 6.27. The molecule has 8 heteroatoms. The third-order valence-electron chi connectivity index (χ3n) is 5.49. The zero-order valence-corrected chi connectivity index (χ0v) is 16.9. The van der Waals surface area contributed by atoms with Gasteiger partial charge in [0.15, 0.2) is 6.29 Å². The number of amides is 2.